The molecule has 1 aromatic carbocycles. The smallest absolute Gasteiger partial charge is 0.223 e. The van der Waals surface area contributed by atoms with Crippen molar-refractivity contribution >= 4 is 28.2 Å². The molecule has 6 nitrogen and oxygen atoms in total. The van der Waals surface area contributed by atoms with Gasteiger partial charge in [0.05, 0.1) is 0 Å². The molecule has 0 amide bonds. The van der Waals surface area contributed by atoms with Crippen LogP contribution in [0.5, 0.6) is 0 Å². The largest absolute Gasteiger partial charge is 0.286 e. The minimum Gasteiger partial charge on any atom is -0.286 e. The zero-order chi connectivity index (χ0) is 13.7. The lowest BCUT2D eigenvalue weighted by atomic mass is 10.1. The Morgan fingerprint density at radius 1 is 1.42 bits per heavy atom. The summed E-state index contributed by atoms with van der Waals surface area (Å²) < 4.78 is 3.95. The summed E-state index contributed by atoms with van der Waals surface area (Å²) in [7, 11) is 0. The molecule has 0 aliphatic carbocycles. The van der Waals surface area contributed by atoms with Gasteiger partial charge in [-0.1, -0.05) is 30.3 Å². The first-order valence-corrected chi connectivity index (χ1v) is 6.12. The van der Waals surface area contributed by atoms with Crippen molar-refractivity contribution in [2.75, 3.05) is 5.43 Å². The van der Waals surface area contributed by atoms with Gasteiger partial charge in [0, 0.05) is 17.1 Å². The molecule has 0 aliphatic rings. The van der Waals surface area contributed by atoms with E-state index >= 15 is 0 Å². The summed E-state index contributed by atoms with van der Waals surface area (Å²) in [5.41, 5.74) is 2.75. The zero-order valence-corrected chi connectivity index (χ0v) is 10.8. The number of ketones is 1. The van der Waals surface area contributed by atoms with Crippen LogP contribution in [-0.4, -0.2) is 20.9 Å². The summed E-state index contributed by atoms with van der Waals surface area (Å²) in [6.45, 7) is 1.74. The van der Waals surface area contributed by atoms with Crippen molar-refractivity contribution in [3.8, 4) is 6.07 Å². The van der Waals surface area contributed by atoms with Crippen LogP contribution in [-0.2, 0) is 0 Å². The summed E-state index contributed by atoms with van der Waals surface area (Å²) >= 11 is 1.11. The van der Waals surface area contributed by atoms with E-state index in [0.717, 1.165) is 11.5 Å². The van der Waals surface area contributed by atoms with Crippen LogP contribution >= 0.6 is 11.5 Å². The van der Waals surface area contributed by atoms with E-state index in [2.05, 4.69) is 19.9 Å². The van der Waals surface area contributed by atoms with Gasteiger partial charge in [0.2, 0.25) is 16.6 Å². The second kappa shape index (κ2) is 5.84. The summed E-state index contributed by atoms with van der Waals surface area (Å²) in [5.74, 6) is 0.174. The molecule has 2 aromatic rings. The van der Waals surface area contributed by atoms with Gasteiger partial charge in [0.25, 0.3) is 0 Å². The lowest BCUT2D eigenvalue weighted by Crippen LogP contribution is -2.14. The van der Waals surface area contributed by atoms with E-state index in [1.807, 2.05) is 0 Å². The van der Waals surface area contributed by atoms with Gasteiger partial charge in [0.15, 0.2) is 0 Å². The van der Waals surface area contributed by atoms with Gasteiger partial charge in [-0.15, -0.1) is 0 Å². The molecule has 7 heteroatoms. The van der Waals surface area contributed by atoms with E-state index in [1.165, 1.54) is 0 Å². The first kappa shape index (κ1) is 12.9. The van der Waals surface area contributed by atoms with Crippen molar-refractivity contribution < 1.29 is 4.79 Å². The van der Waals surface area contributed by atoms with E-state index in [0.29, 0.717) is 16.5 Å². The molecule has 0 radical (unpaired) electrons. The summed E-state index contributed by atoms with van der Waals surface area (Å²) in [6.07, 6.45) is 0. The van der Waals surface area contributed by atoms with Gasteiger partial charge >= 0.3 is 0 Å². The number of nitriles is 1. The molecule has 0 unspecified atom stereocenters. The number of Topliss-reactive ketones (excluding diaryl/α,β-unsaturated/α-hetero) is 1. The fourth-order valence-corrected chi connectivity index (χ4v) is 1.82. The van der Waals surface area contributed by atoms with Crippen LogP contribution in [0, 0.1) is 18.3 Å². The molecule has 0 spiro atoms. The van der Waals surface area contributed by atoms with Crippen LogP contribution in [0.1, 0.15) is 16.2 Å². The number of carbonyl (C=O) groups excluding carboxylic acids is 1. The monoisotopic (exact) mass is 271 g/mol. The van der Waals surface area contributed by atoms with Crippen molar-refractivity contribution in [2.45, 2.75) is 6.92 Å². The van der Waals surface area contributed by atoms with Gasteiger partial charge in [-0.3, -0.25) is 4.79 Å². The quantitative estimate of drug-likeness (QED) is 0.522. The van der Waals surface area contributed by atoms with E-state index in [1.54, 1.807) is 43.3 Å². The number of hydrogen-bond donors (Lipinski definition) is 1. The summed E-state index contributed by atoms with van der Waals surface area (Å²) in [6, 6.07) is 10.3. The highest BCUT2D eigenvalue weighted by atomic mass is 32.1. The Kier molecular flexibility index (Phi) is 3.95. The van der Waals surface area contributed by atoms with E-state index in [4.69, 9.17) is 5.26 Å². The molecular weight excluding hydrogens is 262 g/mol. The molecular formula is C12H9N5OS. The molecule has 1 N–H and O–H groups in total. The van der Waals surface area contributed by atoms with Crippen LogP contribution in [0.2, 0.25) is 0 Å². The van der Waals surface area contributed by atoms with E-state index < -0.39 is 5.78 Å². The number of nitrogens with one attached hydrogen (secondary N) is 1. The van der Waals surface area contributed by atoms with Crippen LogP contribution in [0.15, 0.2) is 35.4 Å². The Labute approximate surface area is 113 Å². The van der Waals surface area contributed by atoms with Crippen LogP contribution in [0.25, 0.3) is 0 Å². The maximum absolute atomic E-state index is 12.0. The second-order valence-corrected chi connectivity index (χ2v) is 4.28. The third-order valence-corrected chi connectivity index (χ3v) is 2.86. The molecule has 0 saturated heterocycles. The third-order valence-electron chi connectivity index (χ3n) is 2.15. The predicted octanol–water partition coefficient (Wildman–Crippen LogP) is 2.02. The molecule has 2 rings (SSSR count). The van der Waals surface area contributed by atoms with E-state index in [9.17, 15) is 4.79 Å². The Balaban J connectivity index is 2.16. The van der Waals surface area contributed by atoms with Crippen LogP contribution in [0.4, 0.5) is 5.13 Å². The fraction of sp³-hybridized carbons (Fsp3) is 0.0833. The van der Waals surface area contributed by atoms with Crippen molar-refractivity contribution in [1.82, 2.24) is 9.36 Å². The molecule has 0 aliphatic heterocycles. The Bertz CT molecular complexity index is 656. The lowest BCUT2D eigenvalue weighted by molar-refractivity contribution is 0.106. The first-order chi connectivity index (χ1) is 9.20. The van der Waals surface area contributed by atoms with Gasteiger partial charge in [-0.2, -0.15) is 14.7 Å². The van der Waals surface area contributed by atoms with Crippen molar-refractivity contribution in [3.05, 3.63) is 41.7 Å². The average Bonchev–Trinajstić information content (AvgIpc) is 2.86. The molecule has 94 valence electrons. The number of hydrogen-bond acceptors (Lipinski definition) is 7. The number of aromatic nitrogens is 2. The molecule has 0 atom stereocenters. The highest BCUT2D eigenvalue weighted by molar-refractivity contribution is 7.09. The number of anilines is 1. The highest BCUT2D eigenvalue weighted by Gasteiger charge is 2.13. The molecule has 0 bridgehead atoms. The van der Waals surface area contributed by atoms with Crippen molar-refractivity contribution in [1.29, 1.82) is 5.26 Å². The Hall–Kier alpha value is -2.59. The number of nitrogens with zero attached hydrogens (tertiary/aromatic N) is 4. The molecule has 1 aromatic heterocycles. The first-order valence-electron chi connectivity index (χ1n) is 5.34. The summed E-state index contributed by atoms with van der Waals surface area (Å²) in [4.78, 5) is 16.0. The fourth-order valence-electron chi connectivity index (χ4n) is 1.30. The average molecular weight is 271 g/mol. The Morgan fingerprint density at radius 2 is 2.16 bits per heavy atom. The number of hydrazone groups is 1. The third kappa shape index (κ3) is 3.20. The van der Waals surface area contributed by atoms with Gasteiger partial charge in [-0.05, 0) is 6.92 Å². The molecule has 0 saturated carbocycles. The molecule has 19 heavy (non-hydrogen) atoms. The number of rotatable bonds is 4. The minimum atomic E-state index is -0.433. The number of carbonyl (C=O) groups is 1. The minimum absolute atomic E-state index is 0.223. The maximum atomic E-state index is 12.0. The number of aryl methyl sites for hydroxylation is 1. The van der Waals surface area contributed by atoms with Crippen molar-refractivity contribution in [3.63, 3.8) is 0 Å². The van der Waals surface area contributed by atoms with Gasteiger partial charge in [0.1, 0.15) is 11.9 Å². The van der Waals surface area contributed by atoms with Crippen LogP contribution in [0.3, 0.4) is 0 Å². The number of benzene rings is 1. The highest BCUT2D eigenvalue weighted by Crippen LogP contribution is 2.10. The molecule has 0 fully saturated rings. The Morgan fingerprint density at radius 3 is 2.74 bits per heavy atom. The summed E-state index contributed by atoms with van der Waals surface area (Å²) in [5, 5.41) is 13.2. The maximum Gasteiger partial charge on any atom is 0.223 e. The van der Waals surface area contributed by atoms with E-state index in [-0.39, 0.29) is 5.71 Å². The lowest BCUT2D eigenvalue weighted by Gasteiger charge is -1.98. The SMILES string of the molecule is Cc1nsc(N/N=C(\C#N)C(=O)c2ccccc2)n1. The van der Waals surface area contributed by atoms with Gasteiger partial charge in [-0.25, -0.2) is 10.4 Å². The van der Waals surface area contributed by atoms with Gasteiger partial charge < -0.3 is 0 Å². The topological polar surface area (TPSA) is 91.0 Å². The van der Waals surface area contributed by atoms with Crippen molar-refractivity contribution in [2.24, 2.45) is 5.10 Å². The second-order valence-electron chi connectivity index (χ2n) is 3.53. The zero-order valence-electron chi connectivity index (χ0n) is 9.99. The predicted molar refractivity (Wildman–Crippen MR) is 72.1 cm³/mol. The van der Waals surface area contributed by atoms with Crippen LogP contribution < -0.4 is 5.43 Å². The normalized spacial score (nSPS) is 10.8. The molecule has 1 heterocycles. The standard InChI is InChI=1S/C12H9N5OS/c1-8-14-12(19-17-8)16-15-10(7-13)11(18)9-5-3-2-4-6-9/h2-6H,1H3,(H,14,16,17)/b15-10+.